The minimum atomic E-state index is -3.58. The third-order valence-electron chi connectivity index (χ3n) is 5.93. The van der Waals surface area contributed by atoms with Crippen LogP contribution in [0.4, 0.5) is 5.69 Å². The van der Waals surface area contributed by atoms with Crippen molar-refractivity contribution in [1.29, 1.82) is 0 Å². The van der Waals surface area contributed by atoms with E-state index in [-0.39, 0.29) is 17.5 Å². The van der Waals surface area contributed by atoms with Gasteiger partial charge in [-0.3, -0.25) is 4.72 Å². The van der Waals surface area contributed by atoms with Crippen molar-refractivity contribution in [3.63, 3.8) is 0 Å². The average Bonchev–Trinajstić information content (AvgIpc) is 2.90. The molecule has 0 heterocycles. The van der Waals surface area contributed by atoms with Gasteiger partial charge in [0.15, 0.2) is 6.10 Å². The number of benzene rings is 3. The van der Waals surface area contributed by atoms with Gasteiger partial charge in [-0.1, -0.05) is 37.3 Å². The second-order valence-electron chi connectivity index (χ2n) is 9.09. The van der Waals surface area contributed by atoms with Gasteiger partial charge < -0.3 is 30.1 Å². The molecule has 0 aliphatic carbocycles. The summed E-state index contributed by atoms with van der Waals surface area (Å²) in [6, 6.07) is 18.6. The van der Waals surface area contributed by atoms with E-state index < -0.39 is 28.2 Å². The molecule has 0 bridgehead atoms. The van der Waals surface area contributed by atoms with Gasteiger partial charge in [-0.05, 0) is 66.4 Å². The van der Waals surface area contributed by atoms with E-state index in [9.17, 15) is 23.4 Å². The third kappa shape index (κ3) is 8.88. The SMILES string of the molecule is CCC(Oc1ccc(-c2ccc(OCCN[C@@H](C)[C@H](O)c3ccc(O)c(NS(C)(=O)=O)c3)cc2)cc1)C(=O)O. The van der Waals surface area contributed by atoms with Crippen LogP contribution in [0.3, 0.4) is 0 Å². The lowest BCUT2D eigenvalue weighted by molar-refractivity contribution is -0.145. The highest BCUT2D eigenvalue weighted by molar-refractivity contribution is 7.92. The van der Waals surface area contributed by atoms with Gasteiger partial charge in [0.2, 0.25) is 10.0 Å². The zero-order valence-electron chi connectivity index (χ0n) is 22.0. The Balaban J connectivity index is 1.48. The number of phenols is 1. The number of hydrogen-bond donors (Lipinski definition) is 5. The number of aliphatic carboxylic acids is 1. The topological polar surface area (TPSA) is 154 Å². The maximum Gasteiger partial charge on any atom is 0.344 e. The summed E-state index contributed by atoms with van der Waals surface area (Å²) >= 11 is 0. The van der Waals surface area contributed by atoms with Crippen LogP contribution in [-0.4, -0.2) is 61.3 Å². The maximum absolute atomic E-state index is 11.5. The average molecular weight is 559 g/mol. The molecule has 3 aromatic rings. The number of carboxylic acid groups (broad SMARTS) is 1. The molecule has 3 aromatic carbocycles. The lowest BCUT2D eigenvalue weighted by Crippen LogP contribution is -2.35. The number of ether oxygens (including phenoxy) is 2. The summed E-state index contributed by atoms with van der Waals surface area (Å²) in [6.45, 7) is 4.34. The highest BCUT2D eigenvalue weighted by atomic mass is 32.2. The Labute approximate surface area is 228 Å². The molecule has 39 heavy (non-hydrogen) atoms. The zero-order chi connectivity index (χ0) is 28.6. The highest BCUT2D eigenvalue weighted by Crippen LogP contribution is 2.29. The molecule has 0 spiro atoms. The Bertz CT molecular complexity index is 1340. The molecular weight excluding hydrogens is 524 g/mol. The van der Waals surface area contributed by atoms with Crippen molar-refractivity contribution in [3.05, 3.63) is 72.3 Å². The first-order chi connectivity index (χ1) is 18.5. The predicted molar refractivity (Wildman–Crippen MR) is 149 cm³/mol. The number of carbonyl (C=O) groups is 1. The van der Waals surface area contributed by atoms with E-state index in [0.717, 1.165) is 17.4 Å². The second-order valence-corrected chi connectivity index (χ2v) is 10.8. The van der Waals surface area contributed by atoms with Gasteiger partial charge in [0.1, 0.15) is 23.9 Å². The molecule has 0 aliphatic heterocycles. The van der Waals surface area contributed by atoms with Crippen molar-refractivity contribution >= 4 is 21.7 Å². The molecule has 0 saturated heterocycles. The number of rotatable bonds is 14. The number of aliphatic hydroxyl groups is 1. The Morgan fingerprint density at radius 1 is 0.974 bits per heavy atom. The monoisotopic (exact) mass is 558 g/mol. The zero-order valence-corrected chi connectivity index (χ0v) is 22.8. The number of carboxylic acids is 1. The third-order valence-corrected chi connectivity index (χ3v) is 6.53. The molecule has 0 radical (unpaired) electrons. The molecule has 0 saturated carbocycles. The molecule has 0 fully saturated rings. The summed E-state index contributed by atoms with van der Waals surface area (Å²) in [5, 5.41) is 32.9. The Hall–Kier alpha value is -3.80. The summed E-state index contributed by atoms with van der Waals surface area (Å²) in [5.74, 6) is -0.0519. The van der Waals surface area contributed by atoms with Crippen LogP contribution in [0.15, 0.2) is 66.7 Å². The van der Waals surface area contributed by atoms with E-state index in [1.54, 1.807) is 26.0 Å². The van der Waals surface area contributed by atoms with Gasteiger partial charge >= 0.3 is 5.97 Å². The van der Waals surface area contributed by atoms with E-state index in [1.165, 1.54) is 18.2 Å². The molecule has 1 unspecified atom stereocenters. The molecular formula is C28H34N2O8S. The maximum atomic E-state index is 11.5. The van der Waals surface area contributed by atoms with Crippen molar-refractivity contribution in [2.24, 2.45) is 0 Å². The van der Waals surface area contributed by atoms with Crippen LogP contribution in [0, 0.1) is 0 Å². The number of nitrogens with one attached hydrogen (secondary N) is 2. The number of sulfonamides is 1. The van der Waals surface area contributed by atoms with Crippen molar-refractivity contribution < 1.29 is 38.0 Å². The Kier molecular flexibility index (Phi) is 10.2. The Morgan fingerprint density at radius 2 is 1.56 bits per heavy atom. The van der Waals surface area contributed by atoms with Gasteiger partial charge in [0, 0.05) is 12.6 Å². The molecule has 11 heteroatoms. The van der Waals surface area contributed by atoms with Crippen molar-refractivity contribution in [1.82, 2.24) is 5.32 Å². The summed E-state index contributed by atoms with van der Waals surface area (Å²) in [4.78, 5) is 11.2. The lowest BCUT2D eigenvalue weighted by Gasteiger charge is -2.21. The van der Waals surface area contributed by atoms with Crippen molar-refractivity contribution in [2.75, 3.05) is 24.1 Å². The largest absolute Gasteiger partial charge is 0.506 e. The highest BCUT2D eigenvalue weighted by Gasteiger charge is 2.19. The quantitative estimate of drug-likeness (QED) is 0.147. The van der Waals surface area contributed by atoms with Crippen LogP contribution in [0.2, 0.25) is 0 Å². The summed E-state index contributed by atoms with van der Waals surface area (Å²) in [6.07, 6.45) is -0.470. The smallest absolute Gasteiger partial charge is 0.344 e. The van der Waals surface area contributed by atoms with E-state index in [0.29, 0.717) is 36.6 Å². The van der Waals surface area contributed by atoms with Crippen molar-refractivity contribution in [3.8, 4) is 28.4 Å². The fraction of sp³-hybridized carbons (Fsp3) is 0.321. The number of aliphatic hydroxyl groups excluding tert-OH is 1. The minimum absolute atomic E-state index is 0.000579. The van der Waals surface area contributed by atoms with Crippen LogP contribution in [0.25, 0.3) is 11.1 Å². The van der Waals surface area contributed by atoms with Gasteiger partial charge in [-0.15, -0.1) is 0 Å². The minimum Gasteiger partial charge on any atom is -0.506 e. The van der Waals surface area contributed by atoms with Gasteiger partial charge in [0.05, 0.1) is 18.0 Å². The standard InChI is InChI=1S/C28H34N2O8S/c1-4-26(28(33)34)38-23-12-7-20(8-13-23)19-5-10-22(11-6-19)37-16-15-29-18(2)27(32)21-9-14-25(31)24(17-21)30-39(3,35)36/h5-14,17-18,26-27,29-32H,4,15-16H2,1-3H3,(H,33,34)/t18-,26?,27-/m0/s1. The fourth-order valence-corrected chi connectivity index (χ4v) is 4.38. The Morgan fingerprint density at radius 3 is 2.10 bits per heavy atom. The second kappa shape index (κ2) is 13.3. The van der Waals surface area contributed by atoms with Crippen LogP contribution in [0.5, 0.6) is 17.2 Å². The molecule has 5 N–H and O–H groups in total. The summed E-state index contributed by atoms with van der Waals surface area (Å²) < 4.78 is 36.5. The van der Waals surface area contributed by atoms with E-state index in [1.807, 2.05) is 36.4 Å². The first-order valence-electron chi connectivity index (χ1n) is 12.4. The fourth-order valence-electron chi connectivity index (χ4n) is 3.82. The molecule has 3 rings (SSSR count). The van der Waals surface area contributed by atoms with Gasteiger partial charge in [0.25, 0.3) is 0 Å². The van der Waals surface area contributed by atoms with Crippen molar-refractivity contribution in [2.45, 2.75) is 38.5 Å². The van der Waals surface area contributed by atoms with Crippen LogP contribution >= 0.6 is 0 Å². The molecule has 0 aliphatic rings. The first-order valence-corrected chi connectivity index (χ1v) is 14.3. The normalized spacial score (nSPS) is 13.7. The summed E-state index contributed by atoms with van der Waals surface area (Å²) in [5.41, 5.74) is 2.36. The van der Waals surface area contributed by atoms with E-state index >= 15 is 0 Å². The number of phenolic OH excluding ortho intramolecular Hbond substituents is 1. The van der Waals surface area contributed by atoms with E-state index in [2.05, 4.69) is 10.0 Å². The molecule has 0 aromatic heterocycles. The molecule has 3 atom stereocenters. The number of hydrogen-bond acceptors (Lipinski definition) is 8. The van der Waals surface area contributed by atoms with Crippen LogP contribution in [-0.2, 0) is 14.8 Å². The summed E-state index contributed by atoms with van der Waals surface area (Å²) in [7, 11) is -3.58. The molecule has 0 amide bonds. The predicted octanol–water partition coefficient (Wildman–Crippen LogP) is 3.76. The molecule has 210 valence electrons. The molecule has 10 nitrogen and oxygen atoms in total. The van der Waals surface area contributed by atoms with E-state index in [4.69, 9.17) is 14.6 Å². The van der Waals surface area contributed by atoms with Gasteiger partial charge in [-0.25, -0.2) is 13.2 Å². The number of anilines is 1. The first kappa shape index (κ1) is 29.8. The van der Waals surface area contributed by atoms with Crippen LogP contribution < -0.4 is 19.5 Å². The number of aromatic hydroxyl groups is 1. The van der Waals surface area contributed by atoms with Crippen LogP contribution in [0.1, 0.15) is 31.9 Å². The lowest BCUT2D eigenvalue weighted by atomic mass is 10.0. The van der Waals surface area contributed by atoms with Gasteiger partial charge in [-0.2, -0.15) is 0 Å².